The van der Waals surface area contributed by atoms with Crippen LogP contribution in [0.15, 0.2) is 48.5 Å². The number of hydrogen-bond acceptors (Lipinski definition) is 3. The van der Waals surface area contributed by atoms with Crippen molar-refractivity contribution in [2.24, 2.45) is 5.92 Å². The van der Waals surface area contributed by atoms with Crippen molar-refractivity contribution >= 4 is 12.1 Å². The van der Waals surface area contributed by atoms with Crippen molar-refractivity contribution in [3.63, 3.8) is 0 Å². The molecule has 2 aromatic carbocycles. The molecule has 1 N–H and O–H groups in total. The average molecular weight is 365 g/mol. The van der Waals surface area contributed by atoms with E-state index in [-0.39, 0.29) is 12.5 Å². The second-order valence-electron chi connectivity index (χ2n) is 7.79. The molecule has 1 atom stereocenters. The van der Waals surface area contributed by atoms with Crippen molar-refractivity contribution in [1.82, 2.24) is 4.90 Å². The number of carbonyl (C=O) groups excluding carboxylic acids is 1. The molecule has 0 saturated carbocycles. The van der Waals surface area contributed by atoms with Gasteiger partial charge in [0.1, 0.15) is 6.61 Å². The quantitative estimate of drug-likeness (QED) is 0.888. The van der Waals surface area contributed by atoms with Crippen LogP contribution < -0.4 is 0 Å². The molecule has 1 aliphatic heterocycles. The Morgan fingerprint density at radius 2 is 1.63 bits per heavy atom. The first-order valence-electron chi connectivity index (χ1n) is 9.26. The van der Waals surface area contributed by atoms with Crippen LogP contribution in [0.3, 0.4) is 0 Å². The van der Waals surface area contributed by atoms with Gasteiger partial charge in [-0.15, -0.1) is 0 Å². The molecule has 0 spiro atoms. The molecule has 0 bridgehead atoms. The molecule has 1 fully saturated rings. The van der Waals surface area contributed by atoms with Crippen molar-refractivity contribution in [2.75, 3.05) is 13.2 Å². The Bertz CT molecular complexity index is 859. The molecule has 0 radical (unpaired) electrons. The van der Waals surface area contributed by atoms with Gasteiger partial charge in [0.2, 0.25) is 0 Å². The summed E-state index contributed by atoms with van der Waals surface area (Å²) in [5.74, 6) is -1.44. The zero-order valence-corrected chi connectivity index (χ0v) is 15.5. The minimum atomic E-state index is -0.867. The molecule has 1 aliphatic carbocycles. The molecule has 4 rings (SSSR count). The summed E-state index contributed by atoms with van der Waals surface area (Å²) < 4.78 is 5.68. The third-order valence-electron chi connectivity index (χ3n) is 6.04. The van der Waals surface area contributed by atoms with Crippen LogP contribution in [-0.2, 0) is 9.53 Å². The molecule has 27 heavy (non-hydrogen) atoms. The Morgan fingerprint density at radius 1 is 1.07 bits per heavy atom. The summed E-state index contributed by atoms with van der Waals surface area (Å²) >= 11 is 0. The number of carboxylic acids is 1. The number of aliphatic carboxylic acids is 1. The summed E-state index contributed by atoms with van der Waals surface area (Å²) in [6.07, 6.45) is 0.0117. The van der Waals surface area contributed by atoms with Crippen LogP contribution in [0.1, 0.15) is 37.3 Å². The standard InChI is InChI=1S/C22H23NO4/c1-22(2)19(20(24)25)11-12-23(22)21(26)27-13-18-16-9-5-3-7-14(16)15-8-4-6-10-17(15)18/h3-10,18-19H,11-13H2,1-2H3,(H,24,25). The maximum Gasteiger partial charge on any atom is 0.410 e. The Labute approximate surface area is 158 Å². The average Bonchev–Trinajstić information content (AvgIpc) is 3.14. The summed E-state index contributed by atoms with van der Waals surface area (Å²) in [5.41, 5.74) is 3.93. The van der Waals surface area contributed by atoms with E-state index in [1.807, 2.05) is 24.3 Å². The van der Waals surface area contributed by atoms with E-state index in [0.717, 1.165) is 11.1 Å². The van der Waals surface area contributed by atoms with Crippen LogP contribution in [0.5, 0.6) is 0 Å². The molecule has 1 heterocycles. The van der Waals surface area contributed by atoms with Crippen LogP contribution >= 0.6 is 0 Å². The van der Waals surface area contributed by atoms with Crippen LogP contribution in [0.2, 0.25) is 0 Å². The van der Waals surface area contributed by atoms with Gasteiger partial charge in [0.15, 0.2) is 0 Å². The number of likely N-dealkylation sites (tertiary alicyclic amines) is 1. The molecule has 2 aliphatic rings. The highest BCUT2D eigenvalue weighted by atomic mass is 16.6. The van der Waals surface area contributed by atoms with E-state index in [9.17, 15) is 14.7 Å². The number of fused-ring (bicyclic) bond motifs is 3. The minimum Gasteiger partial charge on any atom is -0.481 e. The number of rotatable bonds is 3. The van der Waals surface area contributed by atoms with Gasteiger partial charge in [-0.2, -0.15) is 0 Å². The molecule has 140 valence electrons. The Kier molecular flexibility index (Phi) is 4.17. The summed E-state index contributed by atoms with van der Waals surface area (Å²) in [5, 5.41) is 9.39. The SMILES string of the molecule is CC1(C)C(C(=O)O)CCN1C(=O)OCC1c2ccccc2-c2ccccc21. The van der Waals surface area contributed by atoms with Crippen LogP contribution in [0.4, 0.5) is 4.79 Å². The van der Waals surface area contributed by atoms with E-state index in [4.69, 9.17) is 4.74 Å². The lowest BCUT2D eigenvalue weighted by Gasteiger charge is -2.33. The number of carboxylic acid groups (broad SMARTS) is 1. The van der Waals surface area contributed by atoms with Gasteiger partial charge in [-0.3, -0.25) is 4.79 Å². The van der Waals surface area contributed by atoms with Crippen LogP contribution in [-0.4, -0.2) is 40.8 Å². The predicted octanol–water partition coefficient (Wildman–Crippen LogP) is 4.12. The van der Waals surface area contributed by atoms with E-state index < -0.39 is 23.5 Å². The zero-order chi connectivity index (χ0) is 19.2. The van der Waals surface area contributed by atoms with E-state index in [2.05, 4.69) is 24.3 Å². The van der Waals surface area contributed by atoms with Crippen molar-refractivity contribution < 1.29 is 19.4 Å². The Morgan fingerprint density at radius 3 is 2.15 bits per heavy atom. The highest BCUT2D eigenvalue weighted by Gasteiger charge is 2.48. The van der Waals surface area contributed by atoms with Gasteiger partial charge in [-0.25, -0.2) is 4.79 Å². The highest BCUT2D eigenvalue weighted by Crippen LogP contribution is 2.44. The smallest absolute Gasteiger partial charge is 0.410 e. The highest BCUT2D eigenvalue weighted by molar-refractivity contribution is 5.79. The maximum absolute atomic E-state index is 12.7. The number of benzene rings is 2. The van der Waals surface area contributed by atoms with Crippen molar-refractivity contribution in [3.05, 3.63) is 59.7 Å². The fourth-order valence-electron chi connectivity index (χ4n) is 4.51. The largest absolute Gasteiger partial charge is 0.481 e. The molecule has 0 aromatic heterocycles. The maximum atomic E-state index is 12.7. The first kappa shape index (κ1) is 17.6. The molecule has 1 saturated heterocycles. The van der Waals surface area contributed by atoms with E-state index >= 15 is 0 Å². The van der Waals surface area contributed by atoms with Crippen molar-refractivity contribution in [1.29, 1.82) is 0 Å². The Hall–Kier alpha value is -2.82. The van der Waals surface area contributed by atoms with Crippen molar-refractivity contribution in [2.45, 2.75) is 31.7 Å². The van der Waals surface area contributed by atoms with Gasteiger partial charge < -0.3 is 14.7 Å². The monoisotopic (exact) mass is 365 g/mol. The molecular weight excluding hydrogens is 342 g/mol. The summed E-state index contributed by atoms with van der Waals surface area (Å²) in [4.78, 5) is 25.7. The third-order valence-corrected chi connectivity index (χ3v) is 6.04. The topological polar surface area (TPSA) is 66.8 Å². The first-order valence-corrected chi connectivity index (χ1v) is 9.26. The fraction of sp³-hybridized carbons (Fsp3) is 0.364. The van der Waals surface area contributed by atoms with E-state index in [1.165, 1.54) is 11.1 Å². The molecule has 1 unspecified atom stereocenters. The number of amides is 1. The third kappa shape index (κ3) is 2.78. The first-order chi connectivity index (χ1) is 12.9. The zero-order valence-electron chi connectivity index (χ0n) is 15.5. The molecule has 1 amide bonds. The Balaban J connectivity index is 1.53. The van der Waals surface area contributed by atoms with Gasteiger partial charge in [0, 0.05) is 12.5 Å². The van der Waals surface area contributed by atoms with E-state index in [1.54, 1.807) is 18.7 Å². The van der Waals surface area contributed by atoms with Gasteiger partial charge in [0.05, 0.1) is 11.5 Å². The van der Waals surface area contributed by atoms with Crippen molar-refractivity contribution in [3.8, 4) is 11.1 Å². The summed E-state index contributed by atoms with van der Waals surface area (Å²) in [7, 11) is 0. The fourth-order valence-corrected chi connectivity index (χ4v) is 4.51. The summed E-state index contributed by atoms with van der Waals surface area (Å²) in [6, 6.07) is 16.4. The second-order valence-corrected chi connectivity index (χ2v) is 7.79. The lowest BCUT2D eigenvalue weighted by Crippen LogP contribution is -2.48. The second kappa shape index (κ2) is 6.41. The number of carbonyl (C=O) groups is 2. The number of nitrogens with zero attached hydrogens (tertiary/aromatic N) is 1. The predicted molar refractivity (Wildman–Crippen MR) is 102 cm³/mol. The molecule has 2 aromatic rings. The lowest BCUT2D eigenvalue weighted by molar-refractivity contribution is -0.143. The lowest BCUT2D eigenvalue weighted by atomic mass is 9.89. The molecule has 5 nitrogen and oxygen atoms in total. The number of ether oxygens (including phenoxy) is 1. The van der Waals surface area contributed by atoms with Gasteiger partial charge in [-0.05, 0) is 42.5 Å². The van der Waals surface area contributed by atoms with Crippen LogP contribution in [0, 0.1) is 5.92 Å². The van der Waals surface area contributed by atoms with Gasteiger partial charge in [-0.1, -0.05) is 48.5 Å². The molecule has 5 heteroatoms. The van der Waals surface area contributed by atoms with E-state index in [0.29, 0.717) is 13.0 Å². The van der Waals surface area contributed by atoms with Gasteiger partial charge >= 0.3 is 12.1 Å². The minimum absolute atomic E-state index is 0.00216. The normalized spacial score (nSPS) is 20.2. The number of hydrogen-bond donors (Lipinski definition) is 1. The molecular formula is C22H23NO4. The van der Waals surface area contributed by atoms with Crippen LogP contribution in [0.25, 0.3) is 11.1 Å². The summed E-state index contributed by atoms with van der Waals surface area (Å²) in [6.45, 7) is 4.23. The van der Waals surface area contributed by atoms with Gasteiger partial charge in [0.25, 0.3) is 0 Å².